The largest absolute Gasteiger partial charge is 0.484 e. The zero-order valence-corrected chi connectivity index (χ0v) is 14.4. The molecule has 0 fully saturated rings. The van der Waals surface area contributed by atoms with Crippen LogP contribution in [0.1, 0.15) is 15.9 Å². The molecule has 1 amide bonds. The average molecular weight is 354 g/mol. The van der Waals surface area contributed by atoms with Gasteiger partial charge in [-0.1, -0.05) is 18.2 Å². The molecule has 2 rings (SSSR count). The van der Waals surface area contributed by atoms with Crippen molar-refractivity contribution in [1.82, 2.24) is 4.90 Å². The van der Waals surface area contributed by atoms with Gasteiger partial charge >= 0.3 is 0 Å². The number of allylic oxidation sites excluding steroid dienone is 1. The second kappa shape index (κ2) is 8.57. The van der Waals surface area contributed by atoms with E-state index < -0.39 is 4.92 Å². The summed E-state index contributed by atoms with van der Waals surface area (Å²) < 4.78 is 5.34. The highest BCUT2D eigenvalue weighted by atomic mass is 16.6. The van der Waals surface area contributed by atoms with Crippen LogP contribution in [-0.4, -0.2) is 42.2 Å². The first kappa shape index (κ1) is 18.9. The van der Waals surface area contributed by atoms with Crippen LogP contribution in [0.4, 0.5) is 5.69 Å². The molecular weight excluding hydrogens is 336 g/mol. The molecular formula is C19H18N2O5. The fraction of sp³-hybridized carbons (Fsp3) is 0.158. The molecule has 134 valence electrons. The molecule has 0 aliphatic heterocycles. The molecule has 0 aliphatic rings. The molecule has 0 saturated heterocycles. The van der Waals surface area contributed by atoms with Gasteiger partial charge in [0.1, 0.15) is 5.75 Å². The van der Waals surface area contributed by atoms with Crippen LogP contribution in [-0.2, 0) is 4.79 Å². The van der Waals surface area contributed by atoms with E-state index in [4.69, 9.17) is 4.74 Å². The van der Waals surface area contributed by atoms with Crippen molar-refractivity contribution in [2.24, 2.45) is 0 Å². The Morgan fingerprint density at radius 1 is 1.15 bits per heavy atom. The van der Waals surface area contributed by atoms with Gasteiger partial charge in [0.2, 0.25) is 0 Å². The Kier molecular flexibility index (Phi) is 6.21. The molecule has 0 N–H and O–H groups in total. The lowest BCUT2D eigenvalue weighted by atomic mass is 10.1. The average Bonchev–Trinajstić information content (AvgIpc) is 2.64. The van der Waals surface area contributed by atoms with E-state index in [9.17, 15) is 19.7 Å². The Morgan fingerprint density at radius 3 is 2.46 bits per heavy atom. The van der Waals surface area contributed by atoms with E-state index in [2.05, 4.69) is 0 Å². The molecule has 0 aromatic heterocycles. The predicted octanol–water partition coefficient (Wildman–Crippen LogP) is 2.96. The SMILES string of the molecule is CN(C)C(=O)COc1ccc(C(=O)/C=C/c2cccc([N+](=O)[O-])c2)cc1. The topological polar surface area (TPSA) is 89.8 Å². The third-order valence-corrected chi connectivity index (χ3v) is 3.51. The lowest BCUT2D eigenvalue weighted by molar-refractivity contribution is -0.384. The van der Waals surface area contributed by atoms with E-state index in [1.165, 1.54) is 29.2 Å². The summed E-state index contributed by atoms with van der Waals surface area (Å²) in [5, 5.41) is 10.8. The van der Waals surface area contributed by atoms with Crippen LogP contribution in [0.5, 0.6) is 5.75 Å². The minimum atomic E-state index is -0.487. The van der Waals surface area contributed by atoms with Crippen LogP contribution in [0, 0.1) is 10.1 Å². The Balaban J connectivity index is 2.00. The number of non-ortho nitro benzene ring substituents is 1. The molecule has 0 unspecified atom stereocenters. The standard InChI is InChI=1S/C19H18N2O5/c1-20(2)19(23)13-26-17-9-7-15(8-10-17)18(22)11-6-14-4-3-5-16(12-14)21(24)25/h3-12H,13H2,1-2H3/b11-6+. The van der Waals surface area contributed by atoms with Gasteiger partial charge in [-0.2, -0.15) is 0 Å². The van der Waals surface area contributed by atoms with Gasteiger partial charge in [-0.05, 0) is 35.9 Å². The summed E-state index contributed by atoms with van der Waals surface area (Å²) in [6.45, 7) is -0.0764. The van der Waals surface area contributed by atoms with Gasteiger partial charge in [0, 0.05) is 31.8 Å². The molecule has 0 spiro atoms. The van der Waals surface area contributed by atoms with E-state index in [1.807, 2.05) is 0 Å². The van der Waals surface area contributed by atoms with Gasteiger partial charge in [0.25, 0.3) is 11.6 Å². The van der Waals surface area contributed by atoms with Gasteiger partial charge in [0.05, 0.1) is 4.92 Å². The van der Waals surface area contributed by atoms with Crippen LogP contribution in [0.15, 0.2) is 54.6 Å². The molecule has 26 heavy (non-hydrogen) atoms. The van der Waals surface area contributed by atoms with Crippen molar-refractivity contribution in [3.63, 3.8) is 0 Å². The van der Waals surface area contributed by atoms with Crippen LogP contribution < -0.4 is 4.74 Å². The minimum absolute atomic E-state index is 0.0339. The highest BCUT2D eigenvalue weighted by Gasteiger charge is 2.07. The minimum Gasteiger partial charge on any atom is -0.484 e. The van der Waals surface area contributed by atoms with Crippen molar-refractivity contribution in [2.45, 2.75) is 0 Å². The first-order chi connectivity index (χ1) is 12.4. The van der Waals surface area contributed by atoms with Crippen molar-refractivity contribution < 1.29 is 19.2 Å². The predicted molar refractivity (Wildman–Crippen MR) is 97.1 cm³/mol. The smallest absolute Gasteiger partial charge is 0.270 e. The number of ether oxygens (including phenoxy) is 1. The molecule has 7 heteroatoms. The molecule has 2 aromatic carbocycles. The number of rotatable bonds is 7. The summed E-state index contributed by atoms with van der Waals surface area (Å²) >= 11 is 0. The number of amides is 1. The van der Waals surface area contributed by atoms with Crippen LogP contribution in [0.3, 0.4) is 0 Å². The van der Waals surface area contributed by atoms with Gasteiger partial charge in [-0.15, -0.1) is 0 Å². The Morgan fingerprint density at radius 2 is 1.85 bits per heavy atom. The Hall–Kier alpha value is -3.48. The molecule has 0 aliphatic carbocycles. The third kappa shape index (κ3) is 5.27. The van der Waals surface area contributed by atoms with Crippen LogP contribution >= 0.6 is 0 Å². The van der Waals surface area contributed by atoms with Crippen LogP contribution in [0.25, 0.3) is 6.08 Å². The summed E-state index contributed by atoms with van der Waals surface area (Å²) in [5.41, 5.74) is 0.973. The highest BCUT2D eigenvalue weighted by molar-refractivity contribution is 6.06. The zero-order valence-electron chi connectivity index (χ0n) is 14.4. The Bertz CT molecular complexity index is 841. The summed E-state index contributed by atoms with van der Waals surface area (Å²) in [5.74, 6) is 0.0804. The maximum Gasteiger partial charge on any atom is 0.270 e. The second-order valence-electron chi connectivity index (χ2n) is 5.65. The molecule has 0 atom stereocenters. The second-order valence-corrected chi connectivity index (χ2v) is 5.65. The summed E-state index contributed by atoms with van der Waals surface area (Å²) in [6, 6.07) is 12.4. The van der Waals surface area contributed by atoms with Crippen molar-refractivity contribution in [3.8, 4) is 5.75 Å². The maximum absolute atomic E-state index is 12.2. The zero-order chi connectivity index (χ0) is 19.1. The lowest BCUT2D eigenvalue weighted by Crippen LogP contribution is -2.27. The van der Waals surface area contributed by atoms with E-state index in [1.54, 1.807) is 50.5 Å². The first-order valence-electron chi connectivity index (χ1n) is 7.76. The number of hydrogen-bond donors (Lipinski definition) is 0. The number of ketones is 1. The number of nitro groups is 1. The van der Waals surface area contributed by atoms with Gasteiger partial charge in [-0.25, -0.2) is 0 Å². The lowest BCUT2D eigenvalue weighted by Gasteiger charge is -2.11. The number of carbonyl (C=O) groups excluding carboxylic acids is 2. The van der Waals surface area contributed by atoms with Crippen molar-refractivity contribution in [2.75, 3.05) is 20.7 Å². The number of benzene rings is 2. The molecule has 0 heterocycles. The fourth-order valence-corrected chi connectivity index (χ4v) is 2.00. The van der Waals surface area contributed by atoms with E-state index in [-0.39, 0.29) is 24.0 Å². The quantitative estimate of drug-likeness (QED) is 0.330. The Labute approximate surface area is 150 Å². The number of likely N-dealkylation sites (N-methyl/N-ethyl adjacent to an activating group) is 1. The summed E-state index contributed by atoms with van der Waals surface area (Å²) in [6.07, 6.45) is 2.87. The van der Waals surface area contributed by atoms with E-state index in [0.717, 1.165) is 0 Å². The van der Waals surface area contributed by atoms with Gasteiger partial charge in [-0.3, -0.25) is 19.7 Å². The summed E-state index contributed by atoms with van der Waals surface area (Å²) in [4.78, 5) is 35.4. The van der Waals surface area contributed by atoms with E-state index >= 15 is 0 Å². The number of hydrogen-bond acceptors (Lipinski definition) is 5. The highest BCUT2D eigenvalue weighted by Crippen LogP contribution is 2.16. The van der Waals surface area contributed by atoms with Crippen molar-refractivity contribution in [3.05, 3.63) is 75.8 Å². The van der Waals surface area contributed by atoms with Crippen LogP contribution in [0.2, 0.25) is 0 Å². The molecule has 0 saturated carbocycles. The van der Waals surface area contributed by atoms with Gasteiger partial charge in [0.15, 0.2) is 12.4 Å². The first-order valence-corrected chi connectivity index (χ1v) is 7.76. The number of nitrogens with zero attached hydrogens (tertiary/aromatic N) is 2. The molecule has 2 aromatic rings. The normalized spacial score (nSPS) is 10.5. The number of nitro benzene ring substituents is 1. The van der Waals surface area contributed by atoms with Gasteiger partial charge < -0.3 is 9.64 Å². The maximum atomic E-state index is 12.2. The molecule has 0 bridgehead atoms. The third-order valence-electron chi connectivity index (χ3n) is 3.51. The van der Waals surface area contributed by atoms with Crippen molar-refractivity contribution in [1.29, 1.82) is 0 Å². The molecule has 0 radical (unpaired) electrons. The molecule has 7 nitrogen and oxygen atoms in total. The fourth-order valence-electron chi connectivity index (χ4n) is 2.00. The van der Waals surface area contributed by atoms with E-state index in [0.29, 0.717) is 16.9 Å². The van der Waals surface area contributed by atoms with Crippen molar-refractivity contribution >= 4 is 23.5 Å². The monoisotopic (exact) mass is 354 g/mol. The summed E-state index contributed by atoms with van der Waals surface area (Å²) in [7, 11) is 3.28. The number of carbonyl (C=O) groups is 2.